The second-order valence-corrected chi connectivity index (χ2v) is 5.67. The fraction of sp³-hybridized carbons (Fsp3) is 0.786. The molecule has 0 N–H and O–H groups in total. The Morgan fingerprint density at radius 1 is 1.29 bits per heavy atom. The molecule has 0 bridgehead atoms. The molecular weight excluding hydrogens is 272 g/mol. The molecule has 1 amide bonds. The molecule has 1 aliphatic heterocycles. The van der Waals surface area contributed by atoms with Crippen molar-refractivity contribution < 1.29 is 14.1 Å². The van der Waals surface area contributed by atoms with E-state index in [9.17, 15) is 4.79 Å². The summed E-state index contributed by atoms with van der Waals surface area (Å²) in [5.74, 6) is 1.70. The molecule has 0 radical (unpaired) electrons. The molecule has 0 saturated carbocycles. The number of carbonyl (C=O) groups is 1. The highest BCUT2D eigenvalue weighted by molar-refractivity contribution is 5.77. The topological polar surface area (TPSA) is 71.7 Å². The van der Waals surface area contributed by atoms with Gasteiger partial charge in [0.15, 0.2) is 5.82 Å². The minimum Gasteiger partial charge on any atom is -0.375 e. The van der Waals surface area contributed by atoms with Crippen LogP contribution >= 0.6 is 0 Å². The molecule has 1 atom stereocenters. The standard InChI is InChI=1S/C14H24N4O3/c1-10(2)13-15-14(21-16-13)11(3)17-5-7-18(8-6-17)12(19)9-20-4/h10-11H,5-9H2,1-4H3/t11-/m0/s1. The van der Waals surface area contributed by atoms with E-state index in [1.807, 2.05) is 18.7 Å². The molecule has 0 unspecified atom stereocenters. The first kappa shape index (κ1) is 15.9. The van der Waals surface area contributed by atoms with Crippen molar-refractivity contribution in [3.05, 3.63) is 11.7 Å². The number of aromatic nitrogens is 2. The smallest absolute Gasteiger partial charge is 0.248 e. The van der Waals surface area contributed by atoms with E-state index in [2.05, 4.69) is 22.0 Å². The maximum absolute atomic E-state index is 11.8. The molecular formula is C14H24N4O3. The average Bonchev–Trinajstić information content (AvgIpc) is 2.97. The molecule has 2 rings (SSSR count). The van der Waals surface area contributed by atoms with E-state index in [1.54, 1.807) is 0 Å². The fourth-order valence-electron chi connectivity index (χ4n) is 2.38. The predicted octanol–water partition coefficient (Wildman–Crippen LogP) is 1.04. The molecule has 1 aromatic heterocycles. The lowest BCUT2D eigenvalue weighted by Gasteiger charge is -2.36. The van der Waals surface area contributed by atoms with Gasteiger partial charge in [-0.05, 0) is 6.92 Å². The van der Waals surface area contributed by atoms with Crippen molar-refractivity contribution in [3.8, 4) is 0 Å². The molecule has 1 aliphatic rings. The van der Waals surface area contributed by atoms with Crippen LogP contribution in [0.3, 0.4) is 0 Å². The Bertz CT molecular complexity index is 467. The van der Waals surface area contributed by atoms with Crippen molar-refractivity contribution in [3.63, 3.8) is 0 Å². The fourth-order valence-corrected chi connectivity index (χ4v) is 2.38. The minimum absolute atomic E-state index is 0.0460. The summed E-state index contributed by atoms with van der Waals surface area (Å²) in [6, 6.07) is 0.0738. The Morgan fingerprint density at radius 3 is 2.48 bits per heavy atom. The van der Waals surface area contributed by atoms with Crippen LogP contribution in [0, 0.1) is 0 Å². The summed E-state index contributed by atoms with van der Waals surface area (Å²) in [7, 11) is 1.54. The Morgan fingerprint density at radius 2 is 1.95 bits per heavy atom. The summed E-state index contributed by atoms with van der Waals surface area (Å²) < 4.78 is 10.2. The number of amides is 1. The molecule has 0 aliphatic carbocycles. The molecule has 1 fully saturated rings. The van der Waals surface area contributed by atoms with Gasteiger partial charge in [0.2, 0.25) is 11.8 Å². The van der Waals surface area contributed by atoms with Gasteiger partial charge in [-0.15, -0.1) is 0 Å². The second-order valence-electron chi connectivity index (χ2n) is 5.67. The Kier molecular flexibility index (Phi) is 5.30. The largest absolute Gasteiger partial charge is 0.375 e. The van der Waals surface area contributed by atoms with E-state index in [1.165, 1.54) is 7.11 Å². The Labute approximate surface area is 125 Å². The molecule has 7 nitrogen and oxygen atoms in total. The predicted molar refractivity (Wildman–Crippen MR) is 76.8 cm³/mol. The maximum atomic E-state index is 11.8. The zero-order valence-electron chi connectivity index (χ0n) is 13.2. The average molecular weight is 296 g/mol. The van der Waals surface area contributed by atoms with Crippen molar-refractivity contribution in [2.75, 3.05) is 39.9 Å². The molecule has 1 saturated heterocycles. The zero-order valence-corrected chi connectivity index (χ0v) is 13.2. The first-order valence-corrected chi connectivity index (χ1v) is 7.37. The quantitative estimate of drug-likeness (QED) is 0.808. The number of hydrogen-bond donors (Lipinski definition) is 0. The molecule has 0 aromatic carbocycles. The molecule has 0 spiro atoms. The van der Waals surface area contributed by atoms with Crippen LogP contribution in [0.5, 0.6) is 0 Å². The lowest BCUT2D eigenvalue weighted by atomic mass is 10.2. The van der Waals surface area contributed by atoms with E-state index >= 15 is 0 Å². The third kappa shape index (κ3) is 3.79. The van der Waals surface area contributed by atoms with Crippen molar-refractivity contribution in [1.82, 2.24) is 19.9 Å². The zero-order chi connectivity index (χ0) is 15.4. The lowest BCUT2D eigenvalue weighted by Crippen LogP contribution is -2.50. The van der Waals surface area contributed by atoms with Crippen molar-refractivity contribution in [2.45, 2.75) is 32.7 Å². The van der Waals surface area contributed by atoms with Crippen LogP contribution in [0.1, 0.15) is 44.4 Å². The highest BCUT2D eigenvalue weighted by Crippen LogP contribution is 2.21. The Balaban J connectivity index is 1.90. The summed E-state index contributed by atoms with van der Waals surface area (Å²) >= 11 is 0. The molecule has 118 valence electrons. The summed E-state index contributed by atoms with van der Waals surface area (Å²) in [6.07, 6.45) is 0. The van der Waals surface area contributed by atoms with Crippen molar-refractivity contribution in [2.24, 2.45) is 0 Å². The van der Waals surface area contributed by atoms with Crippen molar-refractivity contribution >= 4 is 5.91 Å². The summed E-state index contributed by atoms with van der Waals surface area (Å²) in [5, 5.41) is 4.01. The van der Waals surface area contributed by atoms with Gasteiger partial charge in [0.1, 0.15) is 6.61 Å². The first-order chi connectivity index (χ1) is 10.0. The third-order valence-electron chi connectivity index (χ3n) is 3.81. The van der Waals surface area contributed by atoms with Gasteiger partial charge < -0.3 is 14.2 Å². The van der Waals surface area contributed by atoms with Crippen LogP contribution in [0.4, 0.5) is 0 Å². The van der Waals surface area contributed by atoms with Gasteiger partial charge in [0, 0.05) is 39.2 Å². The normalized spacial score (nSPS) is 18.2. The van der Waals surface area contributed by atoms with Gasteiger partial charge in [-0.1, -0.05) is 19.0 Å². The maximum Gasteiger partial charge on any atom is 0.248 e. The highest BCUT2D eigenvalue weighted by Gasteiger charge is 2.27. The lowest BCUT2D eigenvalue weighted by molar-refractivity contribution is -0.137. The Hall–Kier alpha value is -1.47. The van der Waals surface area contributed by atoms with Gasteiger partial charge in [-0.25, -0.2) is 0 Å². The van der Waals surface area contributed by atoms with Crippen LogP contribution in [-0.2, 0) is 9.53 Å². The first-order valence-electron chi connectivity index (χ1n) is 7.37. The number of hydrogen-bond acceptors (Lipinski definition) is 6. The van der Waals surface area contributed by atoms with Gasteiger partial charge >= 0.3 is 0 Å². The van der Waals surface area contributed by atoms with Crippen LogP contribution < -0.4 is 0 Å². The highest BCUT2D eigenvalue weighted by atomic mass is 16.5. The van der Waals surface area contributed by atoms with E-state index < -0.39 is 0 Å². The number of nitrogens with zero attached hydrogens (tertiary/aromatic N) is 4. The van der Waals surface area contributed by atoms with E-state index in [0.29, 0.717) is 19.0 Å². The number of piperazine rings is 1. The van der Waals surface area contributed by atoms with Gasteiger partial charge in [-0.2, -0.15) is 4.98 Å². The van der Waals surface area contributed by atoms with E-state index in [-0.39, 0.29) is 24.5 Å². The molecule has 7 heteroatoms. The monoisotopic (exact) mass is 296 g/mol. The second kappa shape index (κ2) is 7.00. The number of ether oxygens (including phenoxy) is 1. The third-order valence-corrected chi connectivity index (χ3v) is 3.81. The molecule has 21 heavy (non-hydrogen) atoms. The van der Waals surface area contributed by atoms with Crippen LogP contribution in [0.25, 0.3) is 0 Å². The van der Waals surface area contributed by atoms with Crippen LogP contribution in [-0.4, -0.2) is 65.7 Å². The molecule has 1 aromatic rings. The number of methoxy groups -OCH3 is 1. The summed E-state index contributed by atoms with van der Waals surface area (Å²) in [6.45, 7) is 9.31. The van der Waals surface area contributed by atoms with Crippen LogP contribution in [0.15, 0.2) is 4.52 Å². The van der Waals surface area contributed by atoms with Crippen molar-refractivity contribution in [1.29, 1.82) is 0 Å². The van der Waals surface area contributed by atoms with Gasteiger partial charge in [-0.3, -0.25) is 9.69 Å². The van der Waals surface area contributed by atoms with Gasteiger partial charge in [0.05, 0.1) is 6.04 Å². The van der Waals surface area contributed by atoms with E-state index in [4.69, 9.17) is 9.26 Å². The number of rotatable bonds is 5. The van der Waals surface area contributed by atoms with E-state index in [0.717, 1.165) is 18.9 Å². The summed E-state index contributed by atoms with van der Waals surface area (Å²) in [4.78, 5) is 20.3. The van der Waals surface area contributed by atoms with Crippen LogP contribution in [0.2, 0.25) is 0 Å². The SMILES string of the molecule is COCC(=O)N1CCN([C@@H](C)c2nc(C(C)C)no2)CC1. The van der Waals surface area contributed by atoms with Gasteiger partial charge in [0.25, 0.3) is 0 Å². The summed E-state index contributed by atoms with van der Waals surface area (Å²) in [5.41, 5.74) is 0. The number of carbonyl (C=O) groups excluding carboxylic acids is 1. The molecule has 2 heterocycles. The minimum atomic E-state index is 0.0460.